The van der Waals surface area contributed by atoms with Gasteiger partial charge in [-0.15, -0.1) is 0 Å². The van der Waals surface area contributed by atoms with Gasteiger partial charge in [-0.25, -0.2) is 4.79 Å². The fourth-order valence-electron chi connectivity index (χ4n) is 2.46. The molecule has 0 bridgehead atoms. The number of carbonyl (C=O) groups excluding carboxylic acids is 1. The van der Waals surface area contributed by atoms with E-state index in [4.69, 9.17) is 10.9 Å². The number of piperazine rings is 1. The molecule has 1 unspecified atom stereocenters. The van der Waals surface area contributed by atoms with E-state index in [1.807, 2.05) is 18.9 Å². The van der Waals surface area contributed by atoms with Crippen molar-refractivity contribution < 1.29 is 10.0 Å². The third-order valence-corrected chi connectivity index (χ3v) is 3.85. The molecule has 20 heavy (non-hydrogen) atoms. The minimum atomic E-state index is -0.0360. The zero-order valence-corrected chi connectivity index (χ0v) is 12.7. The fraction of sp³-hybridized carbons (Fsp3) is 0.846. The Morgan fingerprint density at radius 2 is 1.95 bits per heavy atom. The van der Waals surface area contributed by atoms with E-state index in [-0.39, 0.29) is 17.9 Å². The predicted octanol–water partition coefficient (Wildman–Crippen LogP) is 0.591. The first kappa shape index (κ1) is 16.6. The summed E-state index contributed by atoms with van der Waals surface area (Å²) in [6, 6.07) is 0.0362. The lowest BCUT2D eigenvalue weighted by Gasteiger charge is -2.39. The molecule has 0 aliphatic carbocycles. The normalized spacial score (nSPS) is 18.9. The van der Waals surface area contributed by atoms with Gasteiger partial charge >= 0.3 is 6.03 Å². The van der Waals surface area contributed by atoms with Gasteiger partial charge in [0.25, 0.3) is 0 Å². The Hall–Kier alpha value is -1.50. The molecule has 0 aromatic rings. The van der Waals surface area contributed by atoms with Crippen LogP contribution in [-0.2, 0) is 0 Å². The Labute approximate surface area is 121 Å². The Bertz CT molecular complexity index is 340. The van der Waals surface area contributed by atoms with E-state index < -0.39 is 0 Å². The van der Waals surface area contributed by atoms with E-state index in [0.717, 1.165) is 25.9 Å². The topological polar surface area (TPSA) is 85.4 Å². The molecule has 2 amide bonds. The Morgan fingerprint density at radius 3 is 2.40 bits per heavy atom. The molecule has 116 valence electrons. The number of hydrogen-bond donors (Lipinski definition) is 2. The second-order valence-corrected chi connectivity index (χ2v) is 5.15. The van der Waals surface area contributed by atoms with Crippen LogP contribution in [0.3, 0.4) is 0 Å². The summed E-state index contributed by atoms with van der Waals surface area (Å²) in [5.41, 5.74) is 5.77. The summed E-state index contributed by atoms with van der Waals surface area (Å²) in [6.07, 6.45) is 1.83. The van der Waals surface area contributed by atoms with E-state index in [0.29, 0.717) is 19.6 Å². The highest BCUT2D eigenvalue weighted by molar-refractivity contribution is 5.85. The van der Waals surface area contributed by atoms with Gasteiger partial charge in [0.15, 0.2) is 5.84 Å². The lowest BCUT2D eigenvalue weighted by Crippen LogP contribution is -2.56. The summed E-state index contributed by atoms with van der Waals surface area (Å²) >= 11 is 0. The number of amidine groups is 1. The number of oxime groups is 1. The third-order valence-electron chi connectivity index (χ3n) is 3.85. The predicted molar refractivity (Wildman–Crippen MR) is 79.0 cm³/mol. The maximum atomic E-state index is 12.1. The van der Waals surface area contributed by atoms with Gasteiger partial charge in [-0.1, -0.05) is 18.5 Å². The van der Waals surface area contributed by atoms with Crippen LogP contribution >= 0.6 is 0 Å². The monoisotopic (exact) mass is 285 g/mol. The van der Waals surface area contributed by atoms with Crippen LogP contribution in [0, 0.1) is 0 Å². The van der Waals surface area contributed by atoms with Crippen molar-refractivity contribution in [2.24, 2.45) is 10.9 Å². The van der Waals surface area contributed by atoms with E-state index in [9.17, 15) is 4.79 Å². The van der Waals surface area contributed by atoms with Crippen LogP contribution in [0.5, 0.6) is 0 Å². The number of hydrogen-bond acceptors (Lipinski definition) is 4. The molecule has 1 aliphatic rings. The van der Waals surface area contributed by atoms with E-state index in [1.54, 1.807) is 4.90 Å². The summed E-state index contributed by atoms with van der Waals surface area (Å²) in [5.74, 6) is 0.261. The van der Waals surface area contributed by atoms with Crippen molar-refractivity contribution in [1.29, 1.82) is 0 Å². The minimum Gasteiger partial charge on any atom is -0.409 e. The molecule has 3 N–H and O–H groups in total. The van der Waals surface area contributed by atoms with Crippen molar-refractivity contribution >= 4 is 11.9 Å². The van der Waals surface area contributed by atoms with Gasteiger partial charge in [-0.05, 0) is 13.3 Å². The van der Waals surface area contributed by atoms with Crippen molar-refractivity contribution in [3.63, 3.8) is 0 Å². The fourth-order valence-corrected chi connectivity index (χ4v) is 2.46. The minimum absolute atomic E-state index is 0.0360. The average Bonchev–Trinajstić information content (AvgIpc) is 2.50. The SMILES string of the molecule is CCCC(C(N)=NO)N1CCN(C(=O)N(C)CC)CC1. The van der Waals surface area contributed by atoms with Gasteiger partial charge in [0.2, 0.25) is 0 Å². The van der Waals surface area contributed by atoms with Crippen molar-refractivity contribution in [1.82, 2.24) is 14.7 Å². The molecule has 1 saturated heterocycles. The van der Waals surface area contributed by atoms with Crippen molar-refractivity contribution in [2.75, 3.05) is 39.8 Å². The first-order chi connectivity index (χ1) is 9.54. The molecule has 1 heterocycles. The molecule has 7 heteroatoms. The zero-order chi connectivity index (χ0) is 15.1. The maximum Gasteiger partial charge on any atom is 0.319 e. The molecule has 1 rings (SSSR count). The number of rotatable bonds is 5. The van der Waals surface area contributed by atoms with Crippen LogP contribution < -0.4 is 5.73 Å². The van der Waals surface area contributed by atoms with Crippen LogP contribution in [0.15, 0.2) is 5.16 Å². The largest absolute Gasteiger partial charge is 0.409 e. The molecule has 0 aromatic carbocycles. The lowest BCUT2D eigenvalue weighted by atomic mass is 10.1. The number of urea groups is 1. The highest BCUT2D eigenvalue weighted by Crippen LogP contribution is 2.12. The molecule has 0 spiro atoms. The number of nitrogens with two attached hydrogens (primary N) is 1. The lowest BCUT2D eigenvalue weighted by molar-refractivity contribution is 0.107. The first-order valence-electron chi connectivity index (χ1n) is 7.26. The maximum absolute atomic E-state index is 12.1. The van der Waals surface area contributed by atoms with Gasteiger partial charge in [0, 0.05) is 39.8 Å². The summed E-state index contributed by atoms with van der Waals surface area (Å²) in [4.78, 5) is 17.8. The van der Waals surface area contributed by atoms with Gasteiger partial charge in [0.05, 0.1) is 6.04 Å². The van der Waals surface area contributed by atoms with Crippen molar-refractivity contribution in [2.45, 2.75) is 32.7 Å². The molecule has 1 atom stereocenters. The smallest absolute Gasteiger partial charge is 0.319 e. The third kappa shape index (κ3) is 4.00. The Kier molecular flexibility index (Phi) is 6.57. The molecule has 0 radical (unpaired) electrons. The summed E-state index contributed by atoms with van der Waals surface area (Å²) in [5, 5.41) is 12.0. The molecule has 1 fully saturated rings. The van der Waals surface area contributed by atoms with Crippen LogP contribution in [0.1, 0.15) is 26.7 Å². The summed E-state index contributed by atoms with van der Waals surface area (Å²) in [6.45, 7) is 7.62. The van der Waals surface area contributed by atoms with Crippen LogP contribution in [0.2, 0.25) is 0 Å². The number of carbonyl (C=O) groups is 1. The van der Waals surface area contributed by atoms with Gasteiger partial charge in [0.1, 0.15) is 0 Å². The molecule has 0 aromatic heterocycles. The zero-order valence-electron chi connectivity index (χ0n) is 12.7. The van der Waals surface area contributed by atoms with Crippen LogP contribution in [0.4, 0.5) is 4.79 Å². The quantitative estimate of drug-likeness (QED) is 0.335. The van der Waals surface area contributed by atoms with E-state index in [2.05, 4.69) is 17.0 Å². The molecule has 0 saturated carbocycles. The Balaban J connectivity index is 2.58. The molecule has 7 nitrogen and oxygen atoms in total. The molecule has 1 aliphatic heterocycles. The van der Waals surface area contributed by atoms with Gasteiger partial charge in [-0.3, -0.25) is 4.90 Å². The van der Waals surface area contributed by atoms with E-state index >= 15 is 0 Å². The van der Waals surface area contributed by atoms with E-state index in [1.165, 1.54) is 0 Å². The van der Waals surface area contributed by atoms with Gasteiger partial charge < -0.3 is 20.7 Å². The van der Waals surface area contributed by atoms with Gasteiger partial charge in [-0.2, -0.15) is 0 Å². The highest BCUT2D eigenvalue weighted by Gasteiger charge is 2.28. The molecular formula is C13H27N5O2. The Morgan fingerprint density at radius 1 is 1.35 bits per heavy atom. The average molecular weight is 285 g/mol. The highest BCUT2D eigenvalue weighted by atomic mass is 16.4. The van der Waals surface area contributed by atoms with Crippen molar-refractivity contribution in [3.05, 3.63) is 0 Å². The summed E-state index contributed by atoms with van der Waals surface area (Å²) < 4.78 is 0. The first-order valence-corrected chi connectivity index (χ1v) is 7.26. The second kappa shape index (κ2) is 7.94. The number of amides is 2. The summed E-state index contributed by atoms with van der Waals surface area (Å²) in [7, 11) is 1.81. The van der Waals surface area contributed by atoms with Crippen molar-refractivity contribution in [3.8, 4) is 0 Å². The molecular weight excluding hydrogens is 258 g/mol. The second-order valence-electron chi connectivity index (χ2n) is 5.15. The standard InChI is InChI=1S/C13H27N5O2/c1-4-6-11(12(14)15-20)17-7-9-18(10-8-17)13(19)16(3)5-2/h11,20H,4-10H2,1-3H3,(H2,14,15). The number of nitrogens with zero attached hydrogens (tertiary/aromatic N) is 4. The van der Waals surface area contributed by atoms with Crippen LogP contribution in [0.25, 0.3) is 0 Å². The van der Waals surface area contributed by atoms with Crippen LogP contribution in [-0.4, -0.2) is 77.6 Å².